The molecule has 0 atom stereocenters. The van der Waals surface area contributed by atoms with E-state index in [0.29, 0.717) is 30.8 Å². The molecule has 0 bridgehead atoms. The van der Waals surface area contributed by atoms with Crippen molar-refractivity contribution in [1.29, 1.82) is 0 Å². The number of methoxy groups -OCH3 is 1. The number of fused-ring (bicyclic) bond motifs is 1. The van der Waals surface area contributed by atoms with E-state index in [-0.39, 0.29) is 0 Å². The van der Waals surface area contributed by atoms with E-state index in [1.54, 1.807) is 7.11 Å². The van der Waals surface area contributed by atoms with Crippen LogP contribution in [0.25, 0.3) is 11.2 Å². The van der Waals surface area contributed by atoms with Crippen molar-refractivity contribution in [2.45, 2.75) is 26.3 Å². The number of hydrogen-bond donors (Lipinski definition) is 0. The summed E-state index contributed by atoms with van der Waals surface area (Å²) in [6.07, 6.45) is 3.84. The molecule has 1 saturated heterocycles. The van der Waals surface area contributed by atoms with Gasteiger partial charge in [0.25, 0.3) is 6.01 Å². The van der Waals surface area contributed by atoms with Crippen LogP contribution in [0.5, 0.6) is 12.0 Å². The fraction of sp³-hybridized carbons (Fsp3) is 0.444. The molecule has 9 heteroatoms. The number of imidazole rings is 1. The molecule has 0 amide bonds. The second kappa shape index (κ2) is 7.67. The fourth-order valence-corrected chi connectivity index (χ4v) is 3.02. The van der Waals surface area contributed by atoms with Gasteiger partial charge in [0.15, 0.2) is 17.0 Å². The van der Waals surface area contributed by atoms with Crippen molar-refractivity contribution < 1.29 is 9.47 Å². The first kappa shape index (κ1) is 18.0. The Balaban J connectivity index is 1.77. The minimum absolute atomic E-state index is 0.385. The molecular formula is C18H21BrN6O2. The summed E-state index contributed by atoms with van der Waals surface area (Å²) in [5.41, 5.74) is 2.46. The molecule has 1 aliphatic rings. The van der Waals surface area contributed by atoms with Crippen molar-refractivity contribution >= 4 is 32.9 Å². The third-order valence-electron chi connectivity index (χ3n) is 4.31. The van der Waals surface area contributed by atoms with Crippen molar-refractivity contribution in [2.75, 3.05) is 31.7 Å². The first-order valence-electron chi connectivity index (χ1n) is 9.00. The lowest BCUT2D eigenvalue weighted by Crippen LogP contribution is -2.07. The van der Waals surface area contributed by atoms with E-state index in [1.807, 2.05) is 22.9 Å². The Bertz CT molecular complexity index is 939. The number of hydrogen-bond acceptors (Lipinski definition) is 7. The second-order valence-corrected chi connectivity index (χ2v) is 7.18. The van der Waals surface area contributed by atoms with Gasteiger partial charge in [0.2, 0.25) is 0 Å². The molecule has 0 spiro atoms. The van der Waals surface area contributed by atoms with Gasteiger partial charge in [0.1, 0.15) is 4.60 Å². The molecule has 142 valence electrons. The molecule has 1 fully saturated rings. The zero-order chi connectivity index (χ0) is 18.8. The first-order valence-corrected chi connectivity index (χ1v) is 9.79. The minimum Gasteiger partial charge on any atom is -0.468 e. The third-order valence-corrected chi connectivity index (χ3v) is 4.78. The van der Waals surface area contributed by atoms with E-state index in [4.69, 9.17) is 9.47 Å². The van der Waals surface area contributed by atoms with Gasteiger partial charge in [-0.15, -0.1) is 0 Å². The largest absolute Gasteiger partial charge is 0.468 e. The number of nitrogens with zero attached hydrogens (tertiary/aromatic N) is 6. The highest BCUT2D eigenvalue weighted by atomic mass is 79.9. The average molecular weight is 433 g/mol. The number of halogens is 1. The number of unbranched alkanes of at least 4 members (excludes halogenated alkanes) is 1. The highest BCUT2D eigenvalue weighted by Crippen LogP contribution is 2.32. The second-order valence-electron chi connectivity index (χ2n) is 6.36. The molecule has 4 heterocycles. The molecule has 0 aromatic carbocycles. The predicted octanol–water partition coefficient (Wildman–Crippen LogP) is 3.04. The molecule has 0 unspecified atom stereocenters. The van der Waals surface area contributed by atoms with E-state index in [1.165, 1.54) is 0 Å². The number of aromatic nitrogens is 5. The number of rotatable bonds is 8. The topological polar surface area (TPSA) is 78.0 Å². The normalized spacial score (nSPS) is 13.2. The Kier molecular flexibility index (Phi) is 5.11. The fourth-order valence-electron chi connectivity index (χ4n) is 2.78. The highest BCUT2D eigenvalue weighted by Gasteiger charge is 2.27. The molecule has 4 rings (SSSR count). The van der Waals surface area contributed by atoms with Gasteiger partial charge in [0.05, 0.1) is 20.3 Å². The maximum atomic E-state index is 5.79. The van der Waals surface area contributed by atoms with Crippen molar-refractivity contribution in [1.82, 2.24) is 24.5 Å². The molecular weight excluding hydrogens is 412 g/mol. The summed E-state index contributed by atoms with van der Waals surface area (Å²) in [6, 6.07) is 4.80. The van der Waals surface area contributed by atoms with E-state index >= 15 is 0 Å². The van der Waals surface area contributed by atoms with Crippen LogP contribution >= 0.6 is 15.9 Å². The van der Waals surface area contributed by atoms with Crippen LogP contribution in [0.1, 0.15) is 25.3 Å². The van der Waals surface area contributed by atoms with Crippen molar-refractivity contribution in [2.24, 2.45) is 0 Å². The Labute approximate surface area is 165 Å². The number of pyridine rings is 1. The lowest BCUT2D eigenvalue weighted by Gasteiger charge is -2.10. The summed E-state index contributed by atoms with van der Waals surface area (Å²) in [4.78, 5) is 20.3. The summed E-state index contributed by atoms with van der Waals surface area (Å²) < 4.78 is 14.0. The molecule has 0 aliphatic carbocycles. The SMILES string of the molecule is CCCCOc1nc(N2CC2)c2nc(OC)n(Cc3ccc(Br)nc3)c2n1. The third kappa shape index (κ3) is 3.83. The summed E-state index contributed by atoms with van der Waals surface area (Å²) >= 11 is 3.37. The summed E-state index contributed by atoms with van der Waals surface area (Å²) in [6.45, 7) is 5.20. The first-order chi connectivity index (χ1) is 13.2. The van der Waals surface area contributed by atoms with Crippen LogP contribution in [-0.2, 0) is 6.54 Å². The maximum absolute atomic E-state index is 5.79. The molecule has 0 saturated carbocycles. The molecule has 1 aliphatic heterocycles. The molecule has 0 N–H and O–H groups in total. The van der Waals surface area contributed by atoms with E-state index in [9.17, 15) is 0 Å². The van der Waals surface area contributed by atoms with Crippen LogP contribution < -0.4 is 14.4 Å². The van der Waals surface area contributed by atoms with Gasteiger partial charge in [-0.2, -0.15) is 15.0 Å². The van der Waals surface area contributed by atoms with Gasteiger partial charge in [-0.3, -0.25) is 4.57 Å². The number of ether oxygens (including phenoxy) is 2. The lowest BCUT2D eigenvalue weighted by molar-refractivity contribution is 0.286. The van der Waals surface area contributed by atoms with Gasteiger partial charge in [-0.05, 0) is 34.0 Å². The van der Waals surface area contributed by atoms with Gasteiger partial charge >= 0.3 is 6.01 Å². The van der Waals surface area contributed by atoms with E-state index in [2.05, 4.69) is 47.7 Å². The van der Waals surface area contributed by atoms with Crippen LogP contribution in [0, 0.1) is 0 Å². The zero-order valence-corrected chi connectivity index (χ0v) is 16.9. The molecule has 3 aromatic rings. The van der Waals surface area contributed by atoms with Gasteiger partial charge in [-0.1, -0.05) is 19.4 Å². The number of anilines is 1. The van der Waals surface area contributed by atoms with E-state index in [0.717, 1.165) is 47.4 Å². The summed E-state index contributed by atoms with van der Waals surface area (Å²) in [5.74, 6) is 0.803. The predicted molar refractivity (Wildman–Crippen MR) is 106 cm³/mol. The summed E-state index contributed by atoms with van der Waals surface area (Å²) in [5, 5.41) is 0. The quantitative estimate of drug-likeness (QED) is 0.307. The smallest absolute Gasteiger partial charge is 0.320 e. The zero-order valence-electron chi connectivity index (χ0n) is 15.4. The minimum atomic E-state index is 0.385. The van der Waals surface area contributed by atoms with Crippen molar-refractivity contribution in [3.05, 3.63) is 28.5 Å². The lowest BCUT2D eigenvalue weighted by atomic mass is 10.3. The molecule has 8 nitrogen and oxygen atoms in total. The van der Waals surface area contributed by atoms with Crippen LogP contribution in [0.2, 0.25) is 0 Å². The Morgan fingerprint density at radius 3 is 2.70 bits per heavy atom. The standard InChI is InChI=1S/C18H21BrN6O2/c1-3-4-9-27-17-22-15(24-7-8-24)14-16(23-17)25(18(21-14)26-2)11-12-5-6-13(19)20-10-12/h5-6,10H,3-4,7-9,11H2,1-2H3. The Morgan fingerprint density at radius 1 is 1.19 bits per heavy atom. The average Bonchev–Trinajstić information content (AvgIpc) is 3.46. The maximum Gasteiger partial charge on any atom is 0.320 e. The van der Waals surface area contributed by atoms with Crippen molar-refractivity contribution in [3.8, 4) is 12.0 Å². The van der Waals surface area contributed by atoms with Crippen LogP contribution in [0.15, 0.2) is 22.9 Å². The van der Waals surface area contributed by atoms with Crippen LogP contribution in [0.4, 0.5) is 5.82 Å². The molecule has 3 aromatic heterocycles. The molecule has 27 heavy (non-hydrogen) atoms. The highest BCUT2D eigenvalue weighted by molar-refractivity contribution is 9.10. The van der Waals surface area contributed by atoms with Gasteiger partial charge in [-0.25, -0.2) is 4.98 Å². The van der Waals surface area contributed by atoms with Crippen LogP contribution in [0.3, 0.4) is 0 Å². The van der Waals surface area contributed by atoms with Crippen LogP contribution in [-0.4, -0.2) is 51.3 Å². The summed E-state index contributed by atoms with van der Waals surface area (Å²) in [7, 11) is 1.61. The van der Waals surface area contributed by atoms with Crippen molar-refractivity contribution in [3.63, 3.8) is 0 Å². The Morgan fingerprint density at radius 2 is 2.04 bits per heavy atom. The van der Waals surface area contributed by atoms with E-state index < -0.39 is 0 Å². The van der Waals surface area contributed by atoms with Gasteiger partial charge in [0, 0.05) is 19.3 Å². The van der Waals surface area contributed by atoms with Gasteiger partial charge < -0.3 is 14.4 Å². The monoisotopic (exact) mass is 432 g/mol. The molecule has 0 radical (unpaired) electrons. The Hall–Kier alpha value is -2.42.